The van der Waals surface area contributed by atoms with E-state index in [9.17, 15) is 0 Å². The summed E-state index contributed by atoms with van der Waals surface area (Å²) in [5.41, 5.74) is 7.13. The highest BCUT2D eigenvalue weighted by Gasteiger charge is 2.22. The second kappa shape index (κ2) is 6.47. The lowest BCUT2D eigenvalue weighted by Gasteiger charge is -2.28. The van der Waals surface area contributed by atoms with Gasteiger partial charge in [-0.25, -0.2) is 0 Å². The van der Waals surface area contributed by atoms with Gasteiger partial charge in [-0.3, -0.25) is 4.90 Å². The molecule has 17 heavy (non-hydrogen) atoms. The minimum absolute atomic E-state index is 0.627. The maximum absolute atomic E-state index is 5.70. The molecule has 1 aromatic rings. The SMILES string of the molecule is NC(=S)CN(CCc1ccsc1)C1CCCC1. The van der Waals surface area contributed by atoms with Gasteiger partial charge in [0.2, 0.25) is 0 Å². The van der Waals surface area contributed by atoms with Crippen molar-refractivity contribution in [2.24, 2.45) is 5.73 Å². The number of thiocarbonyl (C=S) groups is 1. The van der Waals surface area contributed by atoms with Crippen molar-refractivity contribution in [3.05, 3.63) is 22.4 Å². The van der Waals surface area contributed by atoms with E-state index in [1.54, 1.807) is 11.3 Å². The predicted octanol–water partition coefficient (Wildman–Crippen LogP) is 2.82. The standard InChI is InChI=1S/C13H20N2S2/c14-13(16)9-15(12-3-1-2-4-12)7-5-11-6-8-17-10-11/h6,8,10,12H,1-5,7,9H2,(H2,14,16). The van der Waals surface area contributed by atoms with Gasteiger partial charge in [0.25, 0.3) is 0 Å². The number of hydrogen-bond acceptors (Lipinski definition) is 3. The summed E-state index contributed by atoms with van der Waals surface area (Å²) in [6.07, 6.45) is 6.45. The summed E-state index contributed by atoms with van der Waals surface area (Å²) in [6, 6.07) is 2.91. The number of thiophene rings is 1. The summed E-state index contributed by atoms with van der Waals surface area (Å²) in [5.74, 6) is 0. The summed E-state index contributed by atoms with van der Waals surface area (Å²) >= 11 is 6.83. The first kappa shape index (κ1) is 13.0. The van der Waals surface area contributed by atoms with Gasteiger partial charge in [0, 0.05) is 19.1 Å². The van der Waals surface area contributed by atoms with Gasteiger partial charge >= 0.3 is 0 Å². The second-order valence-electron chi connectivity index (χ2n) is 4.76. The van der Waals surface area contributed by atoms with Crippen LogP contribution in [0.5, 0.6) is 0 Å². The first-order valence-electron chi connectivity index (χ1n) is 6.29. The van der Waals surface area contributed by atoms with E-state index in [2.05, 4.69) is 21.7 Å². The van der Waals surface area contributed by atoms with Crippen LogP contribution in [0, 0.1) is 0 Å². The Balaban J connectivity index is 1.88. The van der Waals surface area contributed by atoms with Crippen LogP contribution in [0.4, 0.5) is 0 Å². The number of rotatable bonds is 6. The molecule has 2 rings (SSSR count). The third kappa shape index (κ3) is 4.05. The molecule has 0 unspecified atom stereocenters. The molecule has 4 heteroatoms. The number of hydrogen-bond donors (Lipinski definition) is 1. The van der Waals surface area contributed by atoms with Crippen LogP contribution in [0.15, 0.2) is 16.8 Å². The van der Waals surface area contributed by atoms with Gasteiger partial charge in [-0.05, 0) is 41.7 Å². The van der Waals surface area contributed by atoms with Crippen molar-refractivity contribution in [1.82, 2.24) is 4.90 Å². The first-order valence-corrected chi connectivity index (χ1v) is 7.64. The normalized spacial score (nSPS) is 16.8. The molecule has 0 radical (unpaired) electrons. The number of nitrogens with zero attached hydrogens (tertiary/aromatic N) is 1. The summed E-state index contributed by atoms with van der Waals surface area (Å²) in [6.45, 7) is 1.86. The van der Waals surface area contributed by atoms with Crippen LogP contribution in [-0.2, 0) is 6.42 Å². The van der Waals surface area contributed by atoms with E-state index in [1.807, 2.05) is 0 Å². The minimum atomic E-state index is 0.627. The highest BCUT2D eigenvalue weighted by Crippen LogP contribution is 2.23. The Hall–Kier alpha value is -0.450. The van der Waals surface area contributed by atoms with Crippen LogP contribution in [0.3, 0.4) is 0 Å². The van der Waals surface area contributed by atoms with Gasteiger partial charge < -0.3 is 5.73 Å². The van der Waals surface area contributed by atoms with Crippen LogP contribution in [0.2, 0.25) is 0 Å². The van der Waals surface area contributed by atoms with Gasteiger partial charge in [0.15, 0.2) is 0 Å². The van der Waals surface area contributed by atoms with Crippen LogP contribution in [0.25, 0.3) is 0 Å². The fourth-order valence-electron chi connectivity index (χ4n) is 2.57. The molecule has 0 bridgehead atoms. The molecule has 1 aliphatic carbocycles. The molecule has 0 atom stereocenters. The van der Waals surface area contributed by atoms with E-state index in [0.29, 0.717) is 11.0 Å². The molecule has 2 N–H and O–H groups in total. The van der Waals surface area contributed by atoms with Crippen LogP contribution >= 0.6 is 23.6 Å². The molecule has 0 saturated heterocycles. The van der Waals surface area contributed by atoms with E-state index >= 15 is 0 Å². The molecular formula is C13H20N2S2. The molecule has 0 aromatic carbocycles. The van der Waals surface area contributed by atoms with Gasteiger partial charge in [-0.1, -0.05) is 25.1 Å². The lowest BCUT2D eigenvalue weighted by molar-refractivity contribution is 0.230. The Labute approximate surface area is 113 Å². The second-order valence-corrected chi connectivity index (χ2v) is 6.06. The Morgan fingerprint density at radius 1 is 1.47 bits per heavy atom. The van der Waals surface area contributed by atoms with Crippen molar-refractivity contribution in [2.75, 3.05) is 13.1 Å². The maximum atomic E-state index is 5.70. The summed E-state index contributed by atoms with van der Waals surface area (Å²) in [4.78, 5) is 3.11. The van der Waals surface area contributed by atoms with Crippen molar-refractivity contribution in [3.63, 3.8) is 0 Å². The molecule has 1 heterocycles. The van der Waals surface area contributed by atoms with Crippen molar-refractivity contribution in [1.29, 1.82) is 0 Å². The lowest BCUT2D eigenvalue weighted by Crippen LogP contribution is -2.40. The Morgan fingerprint density at radius 3 is 2.82 bits per heavy atom. The van der Waals surface area contributed by atoms with Crippen LogP contribution < -0.4 is 5.73 Å². The molecule has 2 nitrogen and oxygen atoms in total. The minimum Gasteiger partial charge on any atom is -0.392 e. The Bertz CT molecular complexity index is 342. The van der Waals surface area contributed by atoms with Crippen LogP contribution in [-0.4, -0.2) is 29.0 Å². The molecule has 0 aliphatic heterocycles. The lowest BCUT2D eigenvalue weighted by atomic mass is 10.1. The van der Waals surface area contributed by atoms with Gasteiger partial charge in [0.05, 0.1) is 4.99 Å². The summed E-state index contributed by atoms with van der Waals surface area (Å²) in [7, 11) is 0. The number of nitrogens with two attached hydrogens (primary N) is 1. The molecule has 1 aliphatic rings. The molecule has 0 amide bonds. The average Bonchev–Trinajstić information content (AvgIpc) is 2.96. The smallest absolute Gasteiger partial charge is 0.0870 e. The first-order chi connectivity index (χ1) is 8.25. The van der Waals surface area contributed by atoms with Gasteiger partial charge in [-0.2, -0.15) is 11.3 Å². The Morgan fingerprint density at radius 2 is 2.24 bits per heavy atom. The third-order valence-corrected chi connectivity index (χ3v) is 4.33. The third-order valence-electron chi connectivity index (χ3n) is 3.47. The zero-order chi connectivity index (χ0) is 12.1. The molecular weight excluding hydrogens is 248 g/mol. The van der Waals surface area contributed by atoms with Crippen molar-refractivity contribution < 1.29 is 0 Å². The highest BCUT2D eigenvalue weighted by molar-refractivity contribution is 7.80. The van der Waals surface area contributed by atoms with E-state index in [0.717, 1.165) is 19.5 Å². The summed E-state index contributed by atoms with van der Waals surface area (Å²) in [5, 5.41) is 4.37. The topological polar surface area (TPSA) is 29.3 Å². The van der Waals surface area contributed by atoms with E-state index in [4.69, 9.17) is 18.0 Å². The molecule has 1 saturated carbocycles. The fourth-order valence-corrected chi connectivity index (χ4v) is 3.44. The fraction of sp³-hybridized carbons (Fsp3) is 0.615. The van der Waals surface area contributed by atoms with E-state index < -0.39 is 0 Å². The Kier molecular flexibility index (Phi) is 4.95. The quantitative estimate of drug-likeness (QED) is 0.805. The van der Waals surface area contributed by atoms with Gasteiger partial charge in [-0.15, -0.1) is 0 Å². The van der Waals surface area contributed by atoms with E-state index in [1.165, 1.54) is 31.2 Å². The molecule has 94 valence electrons. The molecule has 0 spiro atoms. The van der Waals surface area contributed by atoms with Crippen molar-refractivity contribution >= 4 is 28.5 Å². The van der Waals surface area contributed by atoms with E-state index in [-0.39, 0.29) is 0 Å². The zero-order valence-corrected chi connectivity index (χ0v) is 11.7. The van der Waals surface area contributed by atoms with Gasteiger partial charge in [0.1, 0.15) is 0 Å². The zero-order valence-electron chi connectivity index (χ0n) is 10.1. The van der Waals surface area contributed by atoms with Crippen LogP contribution in [0.1, 0.15) is 31.2 Å². The monoisotopic (exact) mass is 268 g/mol. The maximum Gasteiger partial charge on any atom is 0.0870 e. The predicted molar refractivity (Wildman–Crippen MR) is 78.6 cm³/mol. The average molecular weight is 268 g/mol. The summed E-state index contributed by atoms with van der Waals surface area (Å²) < 4.78 is 0. The van der Waals surface area contributed by atoms with Crippen molar-refractivity contribution in [2.45, 2.75) is 38.1 Å². The van der Waals surface area contributed by atoms with Crippen molar-refractivity contribution in [3.8, 4) is 0 Å². The largest absolute Gasteiger partial charge is 0.392 e. The molecule has 1 fully saturated rings. The molecule has 1 aromatic heterocycles. The highest BCUT2D eigenvalue weighted by atomic mass is 32.1.